The summed E-state index contributed by atoms with van der Waals surface area (Å²) in [5.74, 6) is 0.485. The van der Waals surface area contributed by atoms with Crippen LogP contribution in [0.2, 0.25) is 0 Å². The van der Waals surface area contributed by atoms with Gasteiger partial charge >= 0.3 is 0 Å². The van der Waals surface area contributed by atoms with Gasteiger partial charge in [-0.05, 0) is 29.6 Å². The summed E-state index contributed by atoms with van der Waals surface area (Å²) in [6, 6.07) is 4.32. The van der Waals surface area contributed by atoms with E-state index in [1.165, 1.54) is 4.88 Å². The zero-order valence-corrected chi connectivity index (χ0v) is 8.78. The number of aliphatic imine (C=N–C) groups is 1. The lowest BCUT2D eigenvalue weighted by Crippen LogP contribution is -2.00. The van der Waals surface area contributed by atoms with Crippen molar-refractivity contribution in [3.63, 3.8) is 0 Å². The molecule has 1 unspecified atom stereocenters. The van der Waals surface area contributed by atoms with Crippen molar-refractivity contribution >= 4 is 28.7 Å². The molecule has 0 N–H and O–H groups in total. The molecule has 0 aromatic carbocycles. The van der Waals surface area contributed by atoms with Crippen LogP contribution in [0.15, 0.2) is 22.5 Å². The Balaban J connectivity index is 2.87. The third-order valence-corrected chi connectivity index (χ3v) is 2.71. The summed E-state index contributed by atoms with van der Waals surface area (Å²) in [6.45, 7) is 4.28. The fourth-order valence-corrected chi connectivity index (χ4v) is 2.11. The van der Waals surface area contributed by atoms with Gasteiger partial charge in [0, 0.05) is 4.88 Å². The Labute approximate surface area is 82.2 Å². The van der Waals surface area contributed by atoms with Crippen LogP contribution in [0, 0.1) is 5.92 Å². The number of hydrogen-bond donors (Lipinski definition) is 0. The summed E-state index contributed by atoms with van der Waals surface area (Å²) in [6.07, 6.45) is 0. The minimum absolute atomic E-state index is 0.197. The molecular weight excluding hydrogens is 186 g/mol. The van der Waals surface area contributed by atoms with E-state index in [9.17, 15) is 0 Å². The lowest BCUT2D eigenvalue weighted by Gasteiger charge is -2.12. The Morgan fingerprint density at radius 1 is 1.58 bits per heavy atom. The van der Waals surface area contributed by atoms with Gasteiger partial charge in [-0.15, -0.1) is 11.3 Å². The summed E-state index contributed by atoms with van der Waals surface area (Å²) in [7, 11) is 0. The van der Waals surface area contributed by atoms with Crippen LogP contribution in [-0.2, 0) is 0 Å². The predicted octanol–water partition coefficient (Wildman–Crippen LogP) is 3.55. The third kappa shape index (κ3) is 2.24. The molecule has 3 heteroatoms. The third-order valence-electron chi connectivity index (χ3n) is 1.66. The SMILES string of the molecule is CC(C)C(N=C=S)c1cccs1. The maximum absolute atomic E-state index is 4.61. The van der Waals surface area contributed by atoms with Crippen molar-refractivity contribution in [2.24, 2.45) is 10.9 Å². The number of isothiocyanates is 1. The Kier molecular flexibility index (Phi) is 3.60. The molecular formula is C9H11NS2. The molecule has 0 saturated carbocycles. The zero-order valence-electron chi connectivity index (χ0n) is 7.15. The quantitative estimate of drug-likeness (QED) is 0.533. The van der Waals surface area contributed by atoms with Crippen LogP contribution in [0.1, 0.15) is 24.8 Å². The van der Waals surface area contributed by atoms with Gasteiger partial charge in [0.2, 0.25) is 0 Å². The van der Waals surface area contributed by atoms with Gasteiger partial charge in [-0.3, -0.25) is 0 Å². The number of hydrogen-bond acceptors (Lipinski definition) is 3. The van der Waals surface area contributed by atoms with Crippen molar-refractivity contribution in [1.29, 1.82) is 0 Å². The van der Waals surface area contributed by atoms with Crippen molar-refractivity contribution in [2.45, 2.75) is 19.9 Å². The van der Waals surface area contributed by atoms with Crippen molar-refractivity contribution in [3.05, 3.63) is 22.4 Å². The average Bonchev–Trinajstić information content (AvgIpc) is 2.51. The van der Waals surface area contributed by atoms with E-state index < -0.39 is 0 Å². The Morgan fingerprint density at radius 3 is 2.75 bits per heavy atom. The minimum Gasteiger partial charge on any atom is -0.223 e. The van der Waals surface area contributed by atoms with Gasteiger partial charge in [0.25, 0.3) is 0 Å². The molecule has 1 heterocycles. The maximum atomic E-state index is 4.61. The van der Waals surface area contributed by atoms with Crippen molar-refractivity contribution in [3.8, 4) is 0 Å². The van der Waals surface area contributed by atoms with Crippen LogP contribution in [0.4, 0.5) is 0 Å². The monoisotopic (exact) mass is 197 g/mol. The van der Waals surface area contributed by atoms with Crippen LogP contribution in [0.25, 0.3) is 0 Å². The van der Waals surface area contributed by atoms with Crippen LogP contribution >= 0.6 is 23.6 Å². The number of thiocarbonyl (C=S) groups is 1. The smallest absolute Gasteiger partial charge is 0.0966 e. The largest absolute Gasteiger partial charge is 0.223 e. The summed E-state index contributed by atoms with van der Waals surface area (Å²) in [5.41, 5.74) is 0. The van der Waals surface area contributed by atoms with E-state index in [0.29, 0.717) is 5.92 Å². The second kappa shape index (κ2) is 4.51. The molecule has 0 bridgehead atoms. The van der Waals surface area contributed by atoms with Gasteiger partial charge in [-0.2, -0.15) is 0 Å². The molecule has 0 saturated heterocycles. The minimum atomic E-state index is 0.197. The summed E-state index contributed by atoms with van der Waals surface area (Å²) in [5, 5.41) is 4.51. The van der Waals surface area contributed by atoms with Crippen LogP contribution in [0.5, 0.6) is 0 Å². The van der Waals surface area contributed by atoms with Gasteiger partial charge in [0.05, 0.1) is 11.2 Å². The van der Waals surface area contributed by atoms with E-state index in [2.05, 4.69) is 47.7 Å². The van der Waals surface area contributed by atoms with Crippen molar-refractivity contribution in [2.75, 3.05) is 0 Å². The number of thiophene rings is 1. The van der Waals surface area contributed by atoms with Crippen molar-refractivity contribution in [1.82, 2.24) is 0 Å². The van der Waals surface area contributed by atoms with Crippen molar-refractivity contribution < 1.29 is 0 Å². The highest BCUT2D eigenvalue weighted by Gasteiger charge is 2.14. The molecule has 1 atom stereocenters. The molecule has 0 aliphatic heterocycles. The fourth-order valence-electron chi connectivity index (χ4n) is 1.06. The van der Waals surface area contributed by atoms with Gasteiger partial charge in [0.15, 0.2) is 0 Å². The van der Waals surface area contributed by atoms with Gasteiger partial charge in [-0.1, -0.05) is 19.9 Å². The molecule has 1 aromatic heterocycles. The van der Waals surface area contributed by atoms with Gasteiger partial charge in [0.1, 0.15) is 0 Å². The fraction of sp³-hybridized carbons (Fsp3) is 0.444. The molecule has 0 amide bonds. The first kappa shape index (κ1) is 9.59. The molecule has 0 radical (unpaired) electrons. The second-order valence-corrected chi connectivity index (χ2v) is 4.09. The van der Waals surface area contributed by atoms with E-state index >= 15 is 0 Å². The second-order valence-electron chi connectivity index (χ2n) is 2.92. The van der Waals surface area contributed by atoms with Crippen LogP contribution in [0.3, 0.4) is 0 Å². The van der Waals surface area contributed by atoms with Crippen LogP contribution in [-0.4, -0.2) is 5.16 Å². The number of rotatable bonds is 3. The standard InChI is InChI=1S/C9H11NS2/c1-7(2)9(10-6-11)8-4-3-5-12-8/h3-5,7,9H,1-2H3. The van der Waals surface area contributed by atoms with E-state index in [4.69, 9.17) is 0 Å². The first-order valence-corrected chi connectivity index (χ1v) is 5.15. The van der Waals surface area contributed by atoms with E-state index in [-0.39, 0.29) is 6.04 Å². The van der Waals surface area contributed by atoms with Crippen LogP contribution < -0.4 is 0 Å². The molecule has 0 spiro atoms. The summed E-state index contributed by atoms with van der Waals surface area (Å²) in [4.78, 5) is 5.41. The first-order valence-electron chi connectivity index (χ1n) is 3.86. The Hall–Kier alpha value is -0.500. The highest BCUT2D eigenvalue weighted by Crippen LogP contribution is 2.28. The van der Waals surface area contributed by atoms with Gasteiger partial charge in [-0.25, -0.2) is 4.99 Å². The summed E-state index contributed by atoms with van der Waals surface area (Å²) < 4.78 is 0. The van der Waals surface area contributed by atoms with Gasteiger partial charge < -0.3 is 0 Å². The highest BCUT2D eigenvalue weighted by molar-refractivity contribution is 7.78. The average molecular weight is 197 g/mol. The zero-order chi connectivity index (χ0) is 8.97. The topological polar surface area (TPSA) is 12.4 Å². The Morgan fingerprint density at radius 2 is 2.33 bits per heavy atom. The van der Waals surface area contributed by atoms with E-state index in [1.54, 1.807) is 11.3 Å². The first-order chi connectivity index (χ1) is 5.75. The molecule has 0 aliphatic rings. The maximum Gasteiger partial charge on any atom is 0.0966 e. The lowest BCUT2D eigenvalue weighted by atomic mass is 10.0. The molecule has 1 aromatic rings. The molecule has 0 fully saturated rings. The highest BCUT2D eigenvalue weighted by atomic mass is 32.1. The lowest BCUT2D eigenvalue weighted by molar-refractivity contribution is 0.526. The Bertz CT molecular complexity index is 271. The normalized spacial score (nSPS) is 12.6. The predicted molar refractivity (Wildman–Crippen MR) is 56.9 cm³/mol. The number of nitrogens with zero attached hydrogens (tertiary/aromatic N) is 1. The molecule has 0 aliphatic carbocycles. The van der Waals surface area contributed by atoms with E-state index in [1.807, 2.05) is 6.07 Å². The molecule has 1 rings (SSSR count). The summed E-state index contributed by atoms with van der Waals surface area (Å²) >= 11 is 6.33. The molecule has 12 heavy (non-hydrogen) atoms. The molecule has 1 nitrogen and oxygen atoms in total. The van der Waals surface area contributed by atoms with E-state index in [0.717, 1.165) is 0 Å². The molecule has 64 valence electrons.